The number of benzene rings is 1. The summed E-state index contributed by atoms with van der Waals surface area (Å²) in [5.41, 5.74) is 0. The van der Waals surface area contributed by atoms with Crippen molar-refractivity contribution >= 4 is 11.8 Å². The molecule has 25 heavy (non-hydrogen) atoms. The van der Waals surface area contributed by atoms with Crippen LogP contribution in [0.15, 0.2) is 30.3 Å². The number of nitrogens with one attached hydrogen (secondary N) is 1. The highest BCUT2D eigenvalue weighted by Crippen LogP contribution is 2.31. The van der Waals surface area contributed by atoms with E-state index in [4.69, 9.17) is 9.47 Å². The van der Waals surface area contributed by atoms with Crippen LogP contribution in [0.3, 0.4) is 0 Å². The zero-order chi connectivity index (χ0) is 17.5. The lowest BCUT2D eigenvalue weighted by atomic mass is 9.85. The van der Waals surface area contributed by atoms with Gasteiger partial charge in [-0.3, -0.25) is 9.59 Å². The van der Waals surface area contributed by atoms with Gasteiger partial charge in [0.2, 0.25) is 5.91 Å². The number of nitrogens with zero attached hydrogens (tertiary/aromatic N) is 1. The molecule has 1 aromatic rings. The second kappa shape index (κ2) is 8.85. The van der Waals surface area contributed by atoms with Gasteiger partial charge in [0.1, 0.15) is 5.75 Å². The van der Waals surface area contributed by atoms with E-state index >= 15 is 0 Å². The van der Waals surface area contributed by atoms with E-state index in [2.05, 4.69) is 5.32 Å². The fourth-order valence-corrected chi connectivity index (χ4v) is 3.59. The molecule has 0 radical (unpaired) electrons. The molecule has 2 amide bonds. The molecular weight excluding hydrogens is 320 g/mol. The molecule has 0 aliphatic carbocycles. The largest absolute Gasteiger partial charge is 0.484 e. The number of carbonyl (C=O) groups is 2. The molecule has 2 fully saturated rings. The Labute approximate surface area is 148 Å². The lowest BCUT2D eigenvalue weighted by molar-refractivity contribution is -0.132. The van der Waals surface area contributed by atoms with Gasteiger partial charge in [-0.25, -0.2) is 0 Å². The number of carbonyl (C=O) groups excluding carboxylic acids is 2. The maximum Gasteiger partial charge on any atom is 0.258 e. The molecule has 3 rings (SSSR count). The summed E-state index contributed by atoms with van der Waals surface area (Å²) in [6, 6.07) is 9.16. The molecule has 6 heteroatoms. The van der Waals surface area contributed by atoms with Gasteiger partial charge in [-0.15, -0.1) is 0 Å². The average molecular weight is 346 g/mol. The molecule has 0 saturated carbocycles. The highest BCUT2D eigenvalue weighted by Gasteiger charge is 2.32. The number of amides is 2. The Morgan fingerprint density at radius 1 is 1.12 bits per heavy atom. The van der Waals surface area contributed by atoms with Crippen molar-refractivity contribution in [3.05, 3.63) is 30.3 Å². The molecule has 2 aliphatic heterocycles. The quantitative estimate of drug-likeness (QED) is 0.847. The van der Waals surface area contributed by atoms with E-state index in [9.17, 15) is 9.59 Å². The summed E-state index contributed by atoms with van der Waals surface area (Å²) in [5.74, 6) is 1.59. The third kappa shape index (κ3) is 5.19. The van der Waals surface area contributed by atoms with Crippen LogP contribution in [0, 0.1) is 11.8 Å². The van der Waals surface area contributed by atoms with Gasteiger partial charge in [0.05, 0.1) is 6.54 Å². The third-order valence-electron chi connectivity index (χ3n) is 5.06. The third-order valence-corrected chi connectivity index (χ3v) is 5.06. The van der Waals surface area contributed by atoms with E-state index in [1.165, 1.54) is 0 Å². The summed E-state index contributed by atoms with van der Waals surface area (Å²) >= 11 is 0. The van der Waals surface area contributed by atoms with Gasteiger partial charge in [-0.1, -0.05) is 18.2 Å². The van der Waals surface area contributed by atoms with Crippen molar-refractivity contribution < 1.29 is 19.1 Å². The SMILES string of the molecule is O=C(COc1ccccc1)NCC(=O)N1CCC(C2CCOCC2)C1. The van der Waals surface area contributed by atoms with Crippen molar-refractivity contribution in [3.8, 4) is 5.75 Å². The van der Waals surface area contributed by atoms with Crippen LogP contribution in [0.4, 0.5) is 0 Å². The van der Waals surface area contributed by atoms with Crippen LogP contribution in [0.5, 0.6) is 5.75 Å². The fraction of sp³-hybridized carbons (Fsp3) is 0.579. The van der Waals surface area contributed by atoms with Gasteiger partial charge in [0.15, 0.2) is 6.61 Å². The molecule has 0 bridgehead atoms. The topological polar surface area (TPSA) is 67.9 Å². The molecule has 6 nitrogen and oxygen atoms in total. The number of rotatable bonds is 6. The predicted molar refractivity (Wildman–Crippen MR) is 93.2 cm³/mol. The summed E-state index contributed by atoms with van der Waals surface area (Å²) in [4.78, 5) is 26.0. The molecular formula is C19H26N2O4. The van der Waals surface area contributed by atoms with Crippen LogP contribution in [-0.2, 0) is 14.3 Å². The first-order chi connectivity index (χ1) is 12.2. The number of hydrogen-bond acceptors (Lipinski definition) is 4. The highest BCUT2D eigenvalue weighted by molar-refractivity contribution is 5.85. The Balaban J connectivity index is 1.35. The van der Waals surface area contributed by atoms with Crippen LogP contribution < -0.4 is 10.1 Å². The lowest BCUT2D eigenvalue weighted by Gasteiger charge is -2.27. The standard InChI is InChI=1S/C19H26N2O4/c22-18(14-25-17-4-2-1-3-5-17)20-12-19(23)21-9-6-16(13-21)15-7-10-24-11-8-15/h1-5,15-16H,6-14H2,(H,20,22). The van der Waals surface area contributed by atoms with E-state index in [-0.39, 0.29) is 25.0 Å². The van der Waals surface area contributed by atoms with Crippen LogP contribution in [0.1, 0.15) is 19.3 Å². The first-order valence-corrected chi connectivity index (χ1v) is 9.02. The summed E-state index contributed by atoms with van der Waals surface area (Å²) in [6.07, 6.45) is 3.25. The maximum absolute atomic E-state index is 12.3. The van der Waals surface area contributed by atoms with E-state index in [0.29, 0.717) is 17.6 Å². The highest BCUT2D eigenvalue weighted by atomic mass is 16.5. The maximum atomic E-state index is 12.3. The molecule has 1 atom stereocenters. The van der Waals surface area contributed by atoms with Gasteiger partial charge in [-0.05, 0) is 43.2 Å². The Bertz CT molecular complexity index is 572. The van der Waals surface area contributed by atoms with Gasteiger partial charge >= 0.3 is 0 Å². The second-order valence-corrected chi connectivity index (χ2v) is 6.72. The monoisotopic (exact) mass is 346 g/mol. The Morgan fingerprint density at radius 3 is 2.64 bits per heavy atom. The van der Waals surface area contributed by atoms with Crippen molar-refractivity contribution in [1.29, 1.82) is 0 Å². The summed E-state index contributed by atoms with van der Waals surface area (Å²) < 4.78 is 10.8. The number of hydrogen-bond donors (Lipinski definition) is 1. The minimum Gasteiger partial charge on any atom is -0.484 e. The van der Waals surface area contributed by atoms with Crippen molar-refractivity contribution in [2.75, 3.05) is 39.5 Å². The van der Waals surface area contributed by atoms with Crippen molar-refractivity contribution in [3.63, 3.8) is 0 Å². The van der Waals surface area contributed by atoms with Crippen molar-refractivity contribution in [2.24, 2.45) is 11.8 Å². The molecule has 1 N–H and O–H groups in total. The Hall–Kier alpha value is -2.08. The number of para-hydroxylation sites is 1. The van der Waals surface area contributed by atoms with Crippen LogP contribution in [0.25, 0.3) is 0 Å². The minimum atomic E-state index is -0.280. The van der Waals surface area contributed by atoms with Crippen LogP contribution in [0.2, 0.25) is 0 Å². The fourth-order valence-electron chi connectivity index (χ4n) is 3.59. The van der Waals surface area contributed by atoms with Crippen molar-refractivity contribution in [2.45, 2.75) is 19.3 Å². The molecule has 2 heterocycles. The molecule has 1 aromatic carbocycles. The number of likely N-dealkylation sites (tertiary alicyclic amines) is 1. The normalized spacial score (nSPS) is 21.1. The minimum absolute atomic E-state index is 0.0115. The Morgan fingerprint density at radius 2 is 1.88 bits per heavy atom. The molecule has 0 aromatic heterocycles. The zero-order valence-corrected chi connectivity index (χ0v) is 14.5. The van der Waals surface area contributed by atoms with Crippen LogP contribution in [-0.4, -0.2) is 56.2 Å². The Kier molecular flexibility index (Phi) is 6.28. The lowest BCUT2D eigenvalue weighted by Crippen LogP contribution is -2.41. The van der Waals surface area contributed by atoms with Crippen LogP contribution >= 0.6 is 0 Å². The summed E-state index contributed by atoms with van der Waals surface area (Å²) in [6.45, 7) is 3.23. The average Bonchev–Trinajstić information content (AvgIpc) is 3.16. The predicted octanol–water partition coefficient (Wildman–Crippen LogP) is 1.46. The molecule has 1 unspecified atom stereocenters. The van der Waals surface area contributed by atoms with Gasteiger partial charge in [0, 0.05) is 26.3 Å². The first kappa shape index (κ1) is 17.7. The summed E-state index contributed by atoms with van der Waals surface area (Å²) in [5, 5.41) is 2.65. The zero-order valence-electron chi connectivity index (χ0n) is 14.5. The second-order valence-electron chi connectivity index (χ2n) is 6.72. The molecule has 0 spiro atoms. The number of ether oxygens (including phenoxy) is 2. The molecule has 136 valence electrons. The first-order valence-electron chi connectivity index (χ1n) is 9.02. The molecule has 2 aliphatic rings. The van der Waals surface area contributed by atoms with E-state index < -0.39 is 0 Å². The summed E-state index contributed by atoms with van der Waals surface area (Å²) in [7, 11) is 0. The van der Waals surface area contributed by atoms with Gasteiger partial charge in [-0.2, -0.15) is 0 Å². The van der Waals surface area contributed by atoms with Gasteiger partial charge in [0.25, 0.3) is 5.91 Å². The van der Waals surface area contributed by atoms with E-state index in [1.807, 2.05) is 23.1 Å². The van der Waals surface area contributed by atoms with Crippen molar-refractivity contribution in [1.82, 2.24) is 10.2 Å². The molecule has 2 saturated heterocycles. The van der Waals surface area contributed by atoms with E-state index in [0.717, 1.165) is 45.6 Å². The van der Waals surface area contributed by atoms with E-state index in [1.54, 1.807) is 12.1 Å². The smallest absolute Gasteiger partial charge is 0.258 e. The van der Waals surface area contributed by atoms with Gasteiger partial charge < -0.3 is 19.7 Å².